The largest absolute Gasteiger partial charge is 0.507 e. The van der Waals surface area contributed by atoms with Gasteiger partial charge in [0.05, 0.1) is 5.69 Å². The van der Waals surface area contributed by atoms with Crippen LogP contribution in [0.5, 0.6) is 17.2 Å². The van der Waals surface area contributed by atoms with E-state index in [0.29, 0.717) is 28.3 Å². The van der Waals surface area contributed by atoms with E-state index >= 15 is 0 Å². The lowest BCUT2D eigenvalue weighted by molar-refractivity contribution is -0.129. The second-order valence-electron chi connectivity index (χ2n) is 6.39. The molecule has 0 saturated carbocycles. The standard InChI is InChI=1S/C21H20N4O5/c1-11(2)16-9-15(5-6-18(16)26)29-19-12(3)7-14(8-13(19)4)24-25-17(10-22)20(27)30-21(23)28/h5-9,24,26H,1H2,2-4H3,(H2,23,28). The Kier molecular flexibility index (Phi) is 6.78. The lowest BCUT2D eigenvalue weighted by atomic mass is 10.1. The molecule has 0 unspecified atom stereocenters. The number of nitrogens with two attached hydrogens (primary N) is 1. The summed E-state index contributed by atoms with van der Waals surface area (Å²) in [6.45, 7) is 9.23. The molecular formula is C21H20N4O5. The number of ether oxygens (including phenoxy) is 2. The van der Waals surface area contributed by atoms with Gasteiger partial charge in [-0.25, -0.2) is 9.59 Å². The van der Waals surface area contributed by atoms with Crippen molar-refractivity contribution in [2.75, 3.05) is 5.43 Å². The monoisotopic (exact) mass is 408 g/mol. The summed E-state index contributed by atoms with van der Waals surface area (Å²) in [6.07, 6.45) is -1.33. The molecule has 0 aliphatic heterocycles. The maximum absolute atomic E-state index is 11.5. The molecule has 1 amide bonds. The van der Waals surface area contributed by atoms with Crippen molar-refractivity contribution in [2.24, 2.45) is 10.8 Å². The van der Waals surface area contributed by atoms with Crippen LogP contribution in [0, 0.1) is 25.2 Å². The molecule has 0 aliphatic carbocycles. The fourth-order valence-electron chi connectivity index (χ4n) is 2.59. The van der Waals surface area contributed by atoms with E-state index < -0.39 is 17.8 Å². The van der Waals surface area contributed by atoms with Crippen molar-refractivity contribution in [3.63, 3.8) is 0 Å². The van der Waals surface area contributed by atoms with E-state index in [1.165, 1.54) is 12.1 Å². The van der Waals surface area contributed by atoms with Gasteiger partial charge in [-0.15, -0.1) is 0 Å². The molecule has 154 valence electrons. The van der Waals surface area contributed by atoms with Gasteiger partial charge in [-0.2, -0.15) is 10.4 Å². The van der Waals surface area contributed by atoms with Crippen LogP contribution < -0.4 is 15.9 Å². The zero-order valence-corrected chi connectivity index (χ0v) is 16.6. The van der Waals surface area contributed by atoms with Crippen LogP contribution >= 0.6 is 0 Å². The summed E-state index contributed by atoms with van der Waals surface area (Å²) in [6, 6.07) is 9.77. The summed E-state index contributed by atoms with van der Waals surface area (Å²) in [7, 11) is 0. The number of aryl methyl sites for hydroxylation is 2. The fourth-order valence-corrected chi connectivity index (χ4v) is 2.59. The Bertz CT molecular complexity index is 1080. The quantitative estimate of drug-likeness (QED) is 0.285. The predicted molar refractivity (Wildman–Crippen MR) is 111 cm³/mol. The maximum Gasteiger partial charge on any atom is 0.412 e. The number of amides is 1. The van der Waals surface area contributed by atoms with E-state index in [4.69, 9.17) is 15.7 Å². The smallest absolute Gasteiger partial charge is 0.412 e. The van der Waals surface area contributed by atoms with Gasteiger partial charge in [0.15, 0.2) is 0 Å². The molecule has 0 aliphatic rings. The van der Waals surface area contributed by atoms with Gasteiger partial charge in [-0.3, -0.25) is 5.43 Å². The molecule has 9 heteroatoms. The van der Waals surface area contributed by atoms with Gasteiger partial charge < -0.3 is 20.3 Å². The number of esters is 1. The molecule has 9 nitrogen and oxygen atoms in total. The first-order chi connectivity index (χ1) is 14.1. The molecule has 2 aromatic carbocycles. The number of allylic oxidation sites excluding steroid dienone is 1. The summed E-state index contributed by atoms with van der Waals surface area (Å²) in [5, 5.41) is 22.5. The third-order valence-corrected chi connectivity index (χ3v) is 3.90. The number of anilines is 1. The van der Waals surface area contributed by atoms with Gasteiger partial charge in [0.2, 0.25) is 5.71 Å². The Hall–Kier alpha value is -4.32. The van der Waals surface area contributed by atoms with Crippen LogP contribution in [0.3, 0.4) is 0 Å². The Labute approximate surface area is 173 Å². The van der Waals surface area contributed by atoms with E-state index in [-0.39, 0.29) is 5.75 Å². The first-order valence-electron chi connectivity index (χ1n) is 8.65. The van der Waals surface area contributed by atoms with Gasteiger partial charge in [0.25, 0.3) is 0 Å². The SMILES string of the molecule is C=C(C)c1cc(Oc2c(C)cc(NN=C(C#N)C(=O)OC(N)=O)cc2C)ccc1O. The number of rotatable bonds is 6. The lowest BCUT2D eigenvalue weighted by Crippen LogP contribution is -2.24. The lowest BCUT2D eigenvalue weighted by Gasteiger charge is -2.15. The number of benzene rings is 2. The molecule has 0 spiro atoms. The number of nitrogens with one attached hydrogen (secondary N) is 1. The Morgan fingerprint density at radius 2 is 1.87 bits per heavy atom. The third-order valence-electron chi connectivity index (χ3n) is 3.90. The minimum Gasteiger partial charge on any atom is -0.507 e. The number of hydrogen-bond donors (Lipinski definition) is 3. The number of primary amides is 1. The number of phenols is 1. The van der Waals surface area contributed by atoms with Crippen LogP contribution in [-0.2, 0) is 9.53 Å². The second kappa shape index (κ2) is 9.25. The fraction of sp³-hybridized carbons (Fsp3) is 0.143. The average Bonchev–Trinajstić information content (AvgIpc) is 2.65. The molecule has 30 heavy (non-hydrogen) atoms. The van der Waals surface area contributed by atoms with Crippen molar-refractivity contribution < 1.29 is 24.2 Å². The summed E-state index contributed by atoms with van der Waals surface area (Å²) < 4.78 is 10.1. The summed E-state index contributed by atoms with van der Waals surface area (Å²) in [5.41, 5.74) is 9.90. The highest BCUT2D eigenvalue weighted by Crippen LogP contribution is 2.34. The van der Waals surface area contributed by atoms with Gasteiger partial charge in [0.1, 0.15) is 23.3 Å². The predicted octanol–water partition coefficient (Wildman–Crippen LogP) is 3.75. The van der Waals surface area contributed by atoms with Crippen LogP contribution in [0.2, 0.25) is 0 Å². The second-order valence-corrected chi connectivity index (χ2v) is 6.39. The zero-order valence-electron chi connectivity index (χ0n) is 16.6. The van der Waals surface area contributed by atoms with E-state index in [1.807, 2.05) is 13.8 Å². The summed E-state index contributed by atoms with van der Waals surface area (Å²) in [4.78, 5) is 22.2. The number of hydrazone groups is 1. The zero-order chi connectivity index (χ0) is 22.4. The normalized spacial score (nSPS) is 10.7. The van der Waals surface area contributed by atoms with Gasteiger partial charge in [0, 0.05) is 5.56 Å². The molecule has 4 N–H and O–H groups in total. The van der Waals surface area contributed by atoms with Crippen molar-refractivity contribution >= 4 is 29.0 Å². The van der Waals surface area contributed by atoms with Gasteiger partial charge in [-0.05, 0) is 67.8 Å². The molecule has 0 fully saturated rings. The number of carbonyl (C=O) groups is 2. The molecule has 0 saturated heterocycles. The van der Waals surface area contributed by atoms with Crippen molar-refractivity contribution in [3.05, 3.63) is 53.6 Å². The molecule has 0 aromatic heterocycles. The highest BCUT2D eigenvalue weighted by molar-refractivity contribution is 6.44. The Balaban J connectivity index is 2.26. The Morgan fingerprint density at radius 1 is 1.23 bits per heavy atom. The van der Waals surface area contributed by atoms with Crippen LogP contribution in [0.4, 0.5) is 10.5 Å². The molecule has 0 radical (unpaired) electrons. The van der Waals surface area contributed by atoms with Crippen molar-refractivity contribution in [1.82, 2.24) is 0 Å². The molecule has 2 rings (SSSR count). The number of carbonyl (C=O) groups excluding carboxylic acids is 2. The molecule has 2 aromatic rings. The summed E-state index contributed by atoms with van der Waals surface area (Å²) >= 11 is 0. The molecule has 0 bridgehead atoms. The number of aromatic hydroxyl groups is 1. The first-order valence-corrected chi connectivity index (χ1v) is 8.65. The molecule has 0 heterocycles. The summed E-state index contributed by atoms with van der Waals surface area (Å²) in [5.74, 6) is -0.0244. The molecule has 0 atom stereocenters. The van der Waals surface area contributed by atoms with E-state index in [1.54, 1.807) is 31.2 Å². The van der Waals surface area contributed by atoms with Gasteiger partial charge in [-0.1, -0.05) is 6.58 Å². The minimum atomic E-state index is -1.33. The Morgan fingerprint density at radius 3 is 2.40 bits per heavy atom. The van der Waals surface area contributed by atoms with Crippen LogP contribution in [0.25, 0.3) is 5.57 Å². The average molecular weight is 408 g/mol. The van der Waals surface area contributed by atoms with Crippen LogP contribution in [-0.4, -0.2) is 22.9 Å². The third kappa shape index (κ3) is 5.36. The first kappa shape index (κ1) is 22.0. The van der Waals surface area contributed by atoms with Crippen molar-refractivity contribution in [2.45, 2.75) is 20.8 Å². The maximum atomic E-state index is 11.5. The van der Waals surface area contributed by atoms with Crippen LogP contribution in [0.1, 0.15) is 23.6 Å². The highest BCUT2D eigenvalue weighted by atomic mass is 16.6. The number of hydrogen-bond acceptors (Lipinski definition) is 8. The molecular weight excluding hydrogens is 388 g/mol. The number of phenolic OH excluding ortho intramolecular Hbond substituents is 1. The topological polar surface area (TPSA) is 147 Å². The number of nitriles is 1. The minimum absolute atomic E-state index is 0.115. The van der Waals surface area contributed by atoms with Crippen molar-refractivity contribution in [3.8, 4) is 23.3 Å². The van der Waals surface area contributed by atoms with E-state index in [2.05, 4.69) is 21.8 Å². The highest BCUT2D eigenvalue weighted by Gasteiger charge is 2.16. The van der Waals surface area contributed by atoms with E-state index in [9.17, 15) is 14.7 Å². The van der Waals surface area contributed by atoms with Crippen LogP contribution in [0.15, 0.2) is 42.0 Å². The van der Waals surface area contributed by atoms with Gasteiger partial charge >= 0.3 is 12.1 Å². The number of nitrogens with zero attached hydrogens (tertiary/aromatic N) is 2. The van der Waals surface area contributed by atoms with E-state index in [0.717, 1.165) is 11.1 Å². The van der Waals surface area contributed by atoms with Crippen molar-refractivity contribution in [1.29, 1.82) is 5.26 Å².